The highest BCUT2D eigenvalue weighted by Gasteiger charge is 2.30. The van der Waals surface area contributed by atoms with Crippen molar-refractivity contribution in [3.63, 3.8) is 0 Å². The molecule has 0 aliphatic rings. The molecule has 2 rings (SSSR count). The molecule has 0 saturated heterocycles. The Morgan fingerprint density at radius 2 is 1.81 bits per heavy atom. The van der Waals surface area contributed by atoms with E-state index in [0.29, 0.717) is 0 Å². The van der Waals surface area contributed by atoms with E-state index in [9.17, 15) is 18.0 Å². The molecule has 0 unspecified atom stereocenters. The summed E-state index contributed by atoms with van der Waals surface area (Å²) in [6.45, 7) is 0. The third-order valence-corrected chi connectivity index (χ3v) is 2.94. The number of ether oxygens (including phenoxy) is 1. The van der Waals surface area contributed by atoms with Crippen molar-refractivity contribution >= 4 is 17.4 Å². The molecule has 0 radical (unpaired) electrons. The van der Waals surface area contributed by atoms with Crippen LogP contribution in [0.4, 0.5) is 13.2 Å². The molecule has 0 heterocycles. The van der Waals surface area contributed by atoms with Crippen molar-refractivity contribution in [1.29, 1.82) is 0 Å². The second-order valence-electron chi connectivity index (χ2n) is 4.18. The van der Waals surface area contributed by atoms with Crippen LogP contribution in [-0.2, 0) is 6.18 Å². The first-order valence-corrected chi connectivity index (χ1v) is 6.48. The fourth-order valence-corrected chi connectivity index (χ4v) is 1.86. The van der Waals surface area contributed by atoms with Crippen LogP contribution in [0, 0.1) is 0 Å². The summed E-state index contributed by atoms with van der Waals surface area (Å²) < 4.78 is 43.3. The van der Waals surface area contributed by atoms with Gasteiger partial charge in [0.25, 0.3) is 0 Å². The Morgan fingerprint density at radius 1 is 1.10 bits per heavy atom. The van der Waals surface area contributed by atoms with Gasteiger partial charge >= 0.3 is 6.18 Å². The molecule has 110 valence electrons. The number of halogens is 4. The molecule has 2 aromatic carbocycles. The number of para-hydroxylation sites is 1. The van der Waals surface area contributed by atoms with Crippen molar-refractivity contribution in [1.82, 2.24) is 0 Å². The number of rotatable bonds is 4. The van der Waals surface area contributed by atoms with Crippen LogP contribution in [0.2, 0.25) is 0 Å². The standard InChI is InChI=1S/C15H10ClF3O2/c16-9-13(20)12-6-1-2-7-14(12)21-11-5-3-4-10(8-11)15(17,18)19/h1-8H,9H2. The number of benzene rings is 2. The van der Waals surface area contributed by atoms with Gasteiger partial charge in [-0.05, 0) is 30.3 Å². The molecular weight excluding hydrogens is 305 g/mol. The van der Waals surface area contributed by atoms with Gasteiger partial charge in [0, 0.05) is 0 Å². The maximum atomic E-state index is 12.6. The number of hydrogen-bond donors (Lipinski definition) is 0. The monoisotopic (exact) mass is 314 g/mol. The summed E-state index contributed by atoms with van der Waals surface area (Å²) in [6, 6.07) is 10.7. The Hall–Kier alpha value is -2.01. The predicted molar refractivity (Wildman–Crippen MR) is 73.0 cm³/mol. The first kappa shape index (κ1) is 15.4. The quantitative estimate of drug-likeness (QED) is 0.591. The zero-order chi connectivity index (χ0) is 15.5. The van der Waals surface area contributed by atoms with Gasteiger partial charge in [-0.3, -0.25) is 4.79 Å². The second-order valence-corrected chi connectivity index (χ2v) is 4.45. The van der Waals surface area contributed by atoms with Crippen LogP contribution < -0.4 is 4.74 Å². The van der Waals surface area contributed by atoms with E-state index < -0.39 is 11.7 Å². The van der Waals surface area contributed by atoms with Gasteiger partial charge < -0.3 is 4.74 Å². The summed E-state index contributed by atoms with van der Waals surface area (Å²) in [5.41, 5.74) is -0.592. The molecule has 6 heteroatoms. The SMILES string of the molecule is O=C(CCl)c1ccccc1Oc1cccc(C(F)(F)F)c1. The third kappa shape index (κ3) is 3.76. The van der Waals surface area contributed by atoms with Gasteiger partial charge in [-0.15, -0.1) is 11.6 Å². The molecule has 2 aromatic rings. The van der Waals surface area contributed by atoms with Gasteiger partial charge in [0.1, 0.15) is 11.5 Å². The average Bonchev–Trinajstić information content (AvgIpc) is 2.46. The second kappa shape index (κ2) is 6.18. The van der Waals surface area contributed by atoms with Gasteiger partial charge in [0.05, 0.1) is 17.0 Å². The molecule has 21 heavy (non-hydrogen) atoms. The zero-order valence-electron chi connectivity index (χ0n) is 10.7. The molecule has 0 saturated carbocycles. The molecule has 0 N–H and O–H groups in total. The predicted octanol–water partition coefficient (Wildman–Crippen LogP) is 4.92. The Kier molecular flexibility index (Phi) is 4.53. The Balaban J connectivity index is 2.33. The van der Waals surface area contributed by atoms with Crippen LogP contribution in [-0.4, -0.2) is 11.7 Å². The summed E-state index contributed by atoms with van der Waals surface area (Å²) in [6.07, 6.45) is -4.45. The maximum absolute atomic E-state index is 12.6. The number of carbonyl (C=O) groups is 1. The number of ketones is 1. The first-order chi connectivity index (χ1) is 9.91. The molecule has 0 aromatic heterocycles. The fraction of sp³-hybridized carbons (Fsp3) is 0.133. The van der Waals surface area contributed by atoms with Crippen molar-refractivity contribution in [2.24, 2.45) is 0 Å². The molecule has 0 aliphatic carbocycles. The Labute approximate surface area is 124 Å². The summed E-state index contributed by atoms with van der Waals surface area (Å²) in [4.78, 5) is 11.7. The minimum absolute atomic E-state index is 0.000326. The molecular formula is C15H10ClF3O2. The van der Waals surface area contributed by atoms with E-state index in [-0.39, 0.29) is 28.7 Å². The smallest absolute Gasteiger partial charge is 0.416 e. The van der Waals surface area contributed by atoms with E-state index in [0.717, 1.165) is 12.1 Å². The van der Waals surface area contributed by atoms with Crippen molar-refractivity contribution in [3.05, 3.63) is 59.7 Å². The van der Waals surface area contributed by atoms with E-state index in [1.54, 1.807) is 12.1 Å². The molecule has 0 aliphatic heterocycles. The van der Waals surface area contributed by atoms with Crippen LogP contribution >= 0.6 is 11.6 Å². The molecule has 2 nitrogen and oxygen atoms in total. The fourth-order valence-electron chi connectivity index (χ4n) is 1.72. The minimum atomic E-state index is -4.45. The molecule has 0 bridgehead atoms. The lowest BCUT2D eigenvalue weighted by Crippen LogP contribution is -2.05. The summed E-state index contributed by atoms with van der Waals surface area (Å²) >= 11 is 5.49. The van der Waals surface area contributed by atoms with Crippen molar-refractivity contribution in [2.45, 2.75) is 6.18 Å². The summed E-state index contributed by atoms with van der Waals surface area (Å²) in [7, 11) is 0. The van der Waals surface area contributed by atoms with Crippen LogP contribution in [0.15, 0.2) is 48.5 Å². The molecule has 0 atom stereocenters. The van der Waals surface area contributed by atoms with E-state index in [1.165, 1.54) is 24.3 Å². The van der Waals surface area contributed by atoms with Crippen LogP contribution in [0.1, 0.15) is 15.9 Å². The van der Waals surface area contributed by atoms with Gasteiger partial charge in [-0.25, -0.2) is 0 Å². The lowest BCUT2D eigenvalue weighted by molar-refractivity contribution is -0.137. The van der Waals surface area contributed by atoms with Crippen molar-refractivity contribution in [3.8, 4) is 11.5 Å². The van der Waals surface area contributed by atoms with Crippen LogP contribution in [0.25, 0.3) is 0 Å². The molecule has 0 spiro atoms. The van der Waals surface area contributed by atoms with Gasteiger partial charge in [-0.2, -0.15) is 13.2 Å². The van der Waals surface area contributed by atoms with Gasteiger partial charge in [0.15, 0.2) is 5.78 Å². The van der Waals surface area contributed by atoms with E-state index in [2.05, 4.69) is 0 Å². The van der Waals surface area contributed by atoms with E-state index >= 15 is 0 Å². The van der Waals surface area contributed by atoms with E-state index in [4.69, 9.17) is 16.3 Å². The van der Waals surface area contributed by atoms with Crippen LogP contribution in [0.5, 0.6) is 11.5 Å². The highest BCUT2D eigenvalue weighted by atomic mass is 35.5. The third-order valence-electron chi connectivity index (χ3n) is 2.70. The maximum Gasteiger partial charge on any atom is 0.416 e. The lowest BCUT2D eigenvalue weighted by Gasteiger charge is -2.12. The normalized spacial score (nSPS) is 11.2. The van der Waals surface area contributed by atoms with Crippen molar-refractivity contribution in [2.75, 3.05) is 5.88 Å². The Bertz CT molecular complexity index is 653. The minimum Gasteiger partial charge on any atom is -0.457 e. The van der Waals surface area contributed by atoms with E-state index in [1.807, 2.05) is 0 Å². The average molecular weight is 315 g/mol. The molecule has 0 amide bonds. The van der Waals surface area contributed by atoms with Gasteiger partial charge in [0.2, 0.25) is 0 Å². The highest BCUT2D eigenvalue weighted by Crippen LogP contribution is 2.33. The van der Waals surface area contributed by atoms with Crippen LogP contribution in [0.3, 0.4) is 0 Å². The summed E-state index contributed by atoms with van der Waals surface area (Å²) in [5, 5.41) is 0. The lowest BCUT2D eigenvalue weighted by atomic mass is 10.1. The number of alkyl halides is 4. The topological polar surface area (TPSA) is 26.3 Å². The summed E-state index contributed by atoms with van der Waals surface area (Å²) in [5.74, 6) is -0.426. The number of hydrogen-bond acceptors (Lipinski definition) is 2. The number of carbonyl (C=O) groups excluding carboxylic acids is 1. The Morgan fingerprint density at radius 3 is 2.48 bits per heavy atom. The van der Waals surface area contributed by atoms with Gasteiger partial charge in [-0.1, -0.05) is 18.2 Å². The zero-order valence-corrected chi connectivity index (χ0v) is 11.4. The van der Waals surface area contributed by atoms with Crippen molar-refractivity contribution < 1.29 is 22.7 Å². The largest absolute Gasteiger partial charge is 0.457 e. The first-order valence-electron chi connectivity index (χ1n) is 5.95. The highest BCUT2D eigenvalue weighted by molar-refractivity contribution is 6.30. The number of Topliss-reactive ketones (excluding diaryl/α,β-unsaturated/α-hetero) is 1. The molecule has 0 fully saturated rings.